The van der Waals surface area contributed by atoms with Gasteiger partial charge in [-0.05, 0) is 41.5 Å². The molecule has 5 nitrogen and oxygen atoms in total. The summed E-state index contributed by atoms with van der Waals surface area (Å²) in [5, 5.41) is 4.64. The largest absolute Gasteiger partial charge is 0.455 e. The fraction of sp³-hybridized carbons (Fsp3) is 0. The van der Waals surface area contributed by atoms with Gasteiger partial charge in [0.05, 0.1) is 5.56 Å². The summed E-state index contributed by atoms with van der Waals surface area (Å²) in [5.74, 6) is 1.74. The number of hydrogen-bond donors (Lipinski definition) is 0. The second kappa shape index (κ2) is 11.6. The highest BCUT2D eigenvalue weighted by Crippen LogP contribution is 2.46. The highest BCUT2D eigenvalue weighted by Gasteiger charge is 2.22. The standard InChI is InChI=1S/C44H26N4OS/c1-2-11-27(12-3-1)42-46-43(29-14-8-13-28(25-29)30-15-10-24-45-26-30)48-44(47-42)36-23-22-32(39-35-17-4-6-20-37(35)49-40(36)39)34-19-9-18-33-31-16-5-7-21-38(31)50-41(33)34/h1-26H. The van der Waals surface area contributed by atoms with Crippen molar-refractivity contribution in [3.8, 4) is 56.4 Å². The van der Waals surface area contributed by atoms with E-state index in [1.54, 1.807) is 6.20 Å². The van der Waals surface area contributed by atoms with Crippen molar-refractivity contribution in [2.45, 2.75) is 0 Å². The number of furan rings is 1. The molecule has 4 heterocycles. The second-order valence-electron chi connectivity index (χ2n) is 12.2. The van der Waals surface area contributed by atoms with E-state index in [0.29, 0.717) is 17.5 Å². The van der Waals surface area contributed by atoms with Crippen molar-refractivity contribution in [3.05, 3.63) is 158 Å². The Balaban J connectivity index is 1.22. The van der Waals surface area contributed by atoms with Crippen molar-refractivity contribution in [1.82, 2.24) is 19.9 Å². The monoisotopic (exact) mass is 658 g/mol. The van der Waals surface area contributed by atoms with Crippen LogP contribution in [0.4, 0.5) is 0 Å². The van der Waals surface area contributed by atoms with Gasteiger partial charge in [-0.1, -0.05) is 115 Å². The van der Waals surface area contributed by atoms with Crippen molar-refractivity contribution in [2.24, 2.45) is 0 Å². The SMILES string of the molecule is c1ccc(-c2nc(-c3cccc(-c4cccnc4)c3)nc(-c3ccc(-c4cccc5c4sc4ccccc45)c4c3oc3ccccc34)n2)cc1. The van der Waals surface area contributed by atoms with Crippen LogP contribution in [0.15, 0.2) is 162 Å². The summed E-state index contributed by atoms with van der Waals surface area (Å²) >= 11 is 1.83. The van der Waals surface area contributed by atoms with E-state index >= 15 is 0 Å². The lowest BCUT2D eigenvalue weighted by molar-refractivity contribution is 0.669. The first-order valence-corrected chi connectivity index (χ1v) is 17.3. The van der Waals surface area contributed by atoms with E-state index in [4.69, 9.17) is 19.4 Å². The van der Waals surface area contributed by atoms with Crippen LogP contribution >= 0.6 is 11.3 Å². The van der Waals surface area contributed by atoms with Crippen molar-refractivity contribution in [3.63, 3.8) is 0 Å². The third kappa shape index (κ3) is 4.69. The number of benzene rings is 6. The molecule has 0 amide bonds. The van der Waals surface area contributed by atoms with Crippen LogP contribution in [0.5, 0.6) is 0 Å². The van der Waals surface area contributed by atoms with Gasteiger partial charge in [0, 0.05) is 65.6 Å². The van der Waals surface area contributed by atoms with Crippen LogP contribution < -0.4 is 0 Å². The highest BCUT2D eigenvalue weighted by atomic mass is 32.1. The Kier molecular flexibility index (Phi) is 6.60. The molecule has 234 valence electrons. The van der Waals surface area contributed by atoms with E-state index in [0.717, 1.165) is 55.3 Å². The van der Waals surface area contributed by atoms with Crippen LogP contribution in [0.1, 0.15) is 0 Å². The normalized spacial score (nSPS) is 11.6. The highest BCUT2D eigenvalue weighted by molar-refractivity contribution is 7.26. The first-order valence-electron chi connectivity index (χ1n) is 16.5. The van der Waals surface area contributed by atoms with Crippen LogP contribution in [-0.4, -0.2) is 19.9 Å². The Bertz CT molecular complexity index is 2880. The molecular formula is C44H26N4OS. The molecule has 0 fully saturated rings. The van der Waals surface area contributed by atoms with Crippen molar-refractivity contribution >= 4 is 53.4 Å². The average molecular weight is 659 g/mol. The zero-order chi connectivity index (χ0) is 33.0. The van der Waals surface area contributed by atoms with E-state index in [1.165, 1.54) is 25.7 Å². The van der Waals surface area contributed by atoms with Crippen molar-refractivity contribution < 1.29 is 4.42 Å². The van der Waals surface area contributed by atoms with Gasteiger partial charge in [-0.15, -0.1) is 11.3 Å². The maximum absolute atomic E-state index is 6.74. The van der Waals surface area contributed by atoms with Gasteiger partial charge in [0.1, 0.15) is 11.2 Å². The smallest absolute Gasteiger partial charge is 0.167 e. The molecule has 6 aromatic carbocycles. The minimum Gasteiger partial charge on any atom is -0.455 e. The number of nitrogens with zero attached hydrogens (tertiary/aromatic N) is 4. The second-order valence-corrected chi connectivity index (χ2v) is 13.3. The zero-order valence-electron chi connectivity index (χ0n) is 26.6. The van der Waals surface area contributed by atoms with Gasteiger partial charge in [-0.2, -0.15) is 0 Å². The average Bonchev–Trinajstić information content (AvgIpc) is 3.77. The molecule has 0 saturated heterocycles. The van der Waals surface area contributed by atoms with Gasteiger partial charge in [-0.3, -0.25) is 4.98 Å². The third-order valence-electron chi connectivity index (χ3n) is 9.24. The molecule has 0 radical (unpaired) electrons. The van der Waals surface area contributed by atoms with Gasteiger partial charge in [0.2, 0.25) is 0 Å². The molecule has 10 aromatic rings. The van der Waals surface area contributed by atoms with E-state index in [2.05, 4.69) is 89.9 Å². The molecule has 0 saturated carbocycles. The summed E-state index contributed by atoms with van der Waals surface area (Å²) in [7, 11) is 0. The Morgan fingerprint density at radius 2 is 1.14 bits per heavy atom. The van der Waals surface area contributed by atoms with E-state index < -0.39 is 0 Å². The summed E-state index contributed by atoms with van der Waals surface area (Å²) in [6.07, 6.45) is 3.65. The van der Waals surface area contributed by atoms with E-state index in [9.17, 15) is 0 Å². The molecule has 0 aliphatic heterocycles. The summed E-state index contributed by atoms with van der Waals surface area (Å²) in [5.41, 5.74) is 8.55. The molecule has 0 atom stereocenters. The van der Waals surface area contributed by atoms with Gasteiger partial charge >= 0.3 is 0 Å². The number of thiophene rings is 1. The molecule has 0 bridgehead atoms. The van der Waals surface area contributed by atoms with Gasteiger partial charge < -0.3 is 4.42 Å². The zero-order valence-corrected chi connectivity index (χ0v) is 27.4. The quantitative estimate of drug-likeness (QED) is 0.184. The summed E-state index contributed by atoms with van der Waals surface area (Å²) in [6.45, 7) is 0. The molecule has 6 heteroatoms. The topological polar surface area (TPSA) is 64.7 Å². The Labute approximate surface area is 291 Å². The predicted molar refractivity (Wildman–Crippen MR) is 205 cm³/mol. The lowest BCUT2D eigenvalue weighted by Crippen LogP contribution is -2.00. The minimum atomic E-state index is 0.552. The van der Waals surface area contributed by atoms with Gasteiger partial charge in [0.25, 0.3) is 0 Å². The fourth-order valence-corrected chi connectivity index (χ4v) is 8.13. The van der Waals surface area contributed by atoms with E-state index in [1.807, 2.05) is 78.2 Å². The Hall–Kier alpha value is -6.50. The van der Waals surface area contributed by atoms with Crippen molar-refractivity contribution in [2.75, 3.05) is 0 Å². The van der Waals surface area contributed by atoms with Crippen LogP contribution in [0, 0.1) is 0 Å². The van der Waals surface area contributed by atoms with Gasteiger partial charge in [-0.25, -0.2) is 15.0 Å². The molecule has 0 unspecified atom stereocenters. The molecule has 10 rings (SSSR count). The number of para-hydroxylation sites is 1. The van der Waals surface area contributed by atoms with Crippen LogP contribution in [0.2, 0.25) is 0 Å². The lowest BCUT2D eigenvalue weighted by Gasteiger charge is -2.11. The van der Waals surface area contributed by atoms with Crippen LogP contribution in [0.25, 0.3) is 98.5 Å². The van der Waals surface area contributed by atoms with Crippen molar-refractivity contribution in [1.29, 1.82) is 0 Å². The molecular weight excluding hydrogens is 633 g/mol. The number of fused-ring (bicyclic) bond motifs is 6. The number of rotatable bonds is 5. The van der Waals surface area contributed by atoms with E-state index in [-0.39, 0.29) is 0 Å². The molecule has 0 spiro atoms. The molecule has 0 N–H and O–H groups in total. The van der Waals surface area contributed by atoms with Crippen LogP contribution in [-0.2, 0) is 0 Å². The summed E-state index contributed by atoms with van der Waals surface area (Å²) in [4.78, 5) is 19.6. The first kappa shape index (κ1) is 28.5. The Morgan fingerprint density at radius 1 is 0.460 bits per heavy atom. The minimum absolute atomic E-state index is 0.552. The molecule has 50 heavy (non-hydrogen) atoms. The van der Waals surface area contributed by atoms with Gasteiger partial charge in [0.15, 0.2) is 17.5 Å². The summed E-state index contributed by atoms with van der Waals surface area (Å²) < 4.78 is 9.27. The third-order valence-corrected chi connectivity index (χ3v) is 10.5. The number of pyridine rings is 1. The fourth-order valence-electron chi connectivity index (χ4n) is 6.90. The number of aromatic nitrogens is 4. The number of hydrogen-bond acceptors (Lipinski definition) is 6. The lowest BCUT2D eigenvalue weighted by atomic mass is 9.95. The van der Waals surface area contributed by atoms with Crippen LogP contribution in [0.3, 0.4) is 0 Å². The maximum atomic E-state index is 6.74. The summed E-state index contributed by atoms with van der Waals surface area (Å²) in [6, 6.07) is 50.1. The maximum Gasteiger partial charge on any atom is 0.167 e. The Morgan fingerprint density at radius 3 is 2.02 bits per heavy atom. The molecule has 0 aliphatic carbocycles. The first-order chi connectivity index (χ1) is 24.8. The molecule has 4 aromatic heterocycles. The predicted octanol–water partition coefficient (Wildman–Crippen LogP) is 11.9. The molecule has 0 aliphatic rings.